The highest BCUT2D eigenvalue weighted by Gasteiger charge is 2.46. The quantitative estimate of drug-likeness (QED) is 0.168. The molecule has 8 aromatic carbocycles. The summed E-state index contributed by atoms with van der Waals surface area (Å²) in [5, 5.41) is 7.61. The van der Waals surface area contributed by atoms with Gasteiger partial charge in [-0.2, -0.15) is 0 Å². The highest BCUT2D eigenvalue weighted by molar-refractivity contribution is 6.94. The zero-order chi connectivity index (χ0) is 32.2. The number of hydrogen-bond donors (Lipinski definition) is 0. The Kier molecular flexibility index (Phi) is 4.45. The third-order valence-corrected chi connectivity index (χ3v) is 11.7. The van der Waals surface area contributed by atoms with E-state index in [9.17, 15) is 0 Å². The lowest BCUT2D eigenvalue weighted by Crippen LogP contribution is -2.60. The van der Waals surface area contributed by atoms with E-state index < -0.39 is 0 Å². The minimum absolute atomic E-state index is 0.0751. The molecule has 4 heteroatoms. The lowest BCUT2D eigenvalue weighted by atomic mass is 9.43. The summed E-state index contributed by atoms with van der Waals surface area (Å²) in [6, 6.07) is 56.0. The van der Waals surface area contributed by atoms with Gasteiger partial charge in [-0.25, -0.2) is 0 Å². The second-order valence-electron chi connectivity index (χ2n) is 14.0. The SMILES string of the molecule is c1ccc(N2B3c4c(cc5c(oc6ccccc65)c4-c4ccccc42)-n2c4cccc5c4c4c6c(cccc6cc3c42)-c2ccccc2-5)cc1. The number of aromatic nitrogens is 1. The Morgan fingerprint density at radius 2 is 1.20 bits per heavy atom. The van der Waals surface area contributed by atoms with Gasteiger partial charge in [0.2, 0.25) is 0 Å². The van der Waals surface area contributed by atoms with Gasteiger partial charge in [0, 0.05) is 49.7 Å². The minimum atomic E-state index is -0.0751. The van der Waals surface area contributed by atoms with Gasteiger partial charge in [0.1, 0.15) is 11.2 Å². The van der Waals surface area contributed by atoms with Crippen LogP contribution in [0.5, 0.6) is 0 Å². The van der Waals surface area contributed by atoms with Crippen LogP contribution < -0.4 is 15.7 Å². The number of fused-ring (bicyclic) bond motifs is 12. The Balaban J connectivity index is 1.33. The van der Waals surface area contributed by atoms with Crippen molar-refractivity contribution in [2.75, 3.05) is 4.81 Å². The first-order valence-electron chi connectivity index (χ1n) is 17.4. The molecule has 10 aromatic rings. The van der Waals surface area contributed by atoms with Gasteiger partial charge in [-0.3, -0.25) is 0 Å². The highest BCUT2D eigenvalue weighted by atomic mass is 16.3. The standard InChI is InChI=1S/C46H25BN2O/c1-2-13-27(14-3-1)49-36-21-8-6-18-33(36)42-44-38(25-34-30-17-7-9-23-39(30)50-46(34)42)48-37-22-11-20-32-29-16-5-4-15-28(29)31-19-10-12-26-24-35(47(44)49)45(48)43(40(26)31)41(32)37/h1-25H. The molecule has 0 amide bonds. The van der Waals surface area contributed by atoms with Gasteiger partial charge in [-0.15, -0.1) is 0 Å². The van der Waals surface area contributed by atoms with E-state index in [1.54, 1.807) is 0 Å². The van der Waals surface area contributed by atoms with Crippen molar-refractivity contribution in [3.05, 3.63) is 152 Å². The molecule has 0 fully saturated rings. The Morgan fingerprint density at radius 1 is 0.500 bits per heavy atom. The van der Waals surface area contributed by atoms with Crippen molar-refractivity contribution >= 4 is 83.7 Å². The maximum Gasteiger partial charge on any atom is 0.333 e. The van der Waals surface area contributed by atoms with Crippen molar-refractivity contribution in [1.82, 2.24) is 4.57 Å². The number of furan rings is 1. The fourth-order valence-electron chi connectivity index (χ4n) is 9.85. The Labute approximate surface area is 287 Å². The first kappa shape index (κ1) is 25.5. The molecule has 0 spiro atoms. The molecule has 228 valence electrons. The molecule has 4 heterocycles. The summed E-state index contributed by atoms with van der Waals surface area (Å²) in [5.74, 6) is 0. The fourth-order valence-corrected chi connectivity index (χ4v) is 9.85. The molecule has 50 heavy (non-hydrogen) atoms. The van der Waals surface area contributed by atoms with Crippen LogP contribution in [0.4, 0.5) is 11.4 Å². The van der Waals surface area contributed by atoms with Crippen molar-refractivity contribution in [1.29, 1.82) is 0 Å². The number of para-hydroxylation sites is 3. The van der Waals surface area contributed by atoms with Gasteiger partial charge in [0.05, 0.1) is 11.0 Å². The van der Waals surface area contributed by atoms with Crippen molar-refractivity contribution in [2.24, 2.45) is 0 Å². The van der Waals surface area contributed by atoms with Gasteiger partial charge in [0.15, 0.2) is 0 Å². The number of hydrogen-bond acceptors (Lipinski definition) is 2. The van der Waals surface area contributed by atoms with E-state index in [-0.39, 0.29) is 6.85 Å². The highest BCUT2D eigenvalue weighted by Crippen LogP contribution is 2.52. The number of anilines is 2. The predicted molar refractivity (Wildman–Crippen MR) is 209 cm³/mol. The Morgan fingerprint density at radius 3 is 2.06 bits per heavy atom. The summed E-state index contributed by atoms with van der Waals surface area (Å²) in [7, 11) is 0. The van der Waals surface area contributed by atoms with E-state index in [1.807, 2.05) is 0 Å². The first-order valence-corrected chi connectivity index (χ1v) is 17.4. The molecule has 0 saturated heterocycles. The molecule has 2 aliphatic heterocycles. The van der Waals surface area contributed by atoms with Crippen LogP contribution in [0.1, 0.15) is 0 Å². The van der Waals surface area contributed by atoms with Crippen LogP contribution in [0.25, 0.3) is 93.6 Å². The molecule has 3 aliphatic rings. The lowest BCUT2D eigenvalue weighted by Gasteiger charge is -2.42. The van der Waals surface area contributed by atoms with Crippen LogP contribution in [0, 0.1) is 0 Å². The van der Waals surface area contributed by atoms with Crippen LogP contribution >= 0.6 is 0 Å². The second kappa shape index (κ2) is 8.74. The molecule has 0 N–H and O–H groups in total. The molecular formula is C46H25BN2O. The average molecular weight is 633 g/mol. The Bertz CT molecular complexity index is 3170. The van der Waals surface area contributed by atoms with Gasteiger partial charge < -0.3 is 13.8 Å². The van der Waals surface area contributed by atoms with Gasteiger partial charge >= 0.3 is 6.85 Å². The van der Waals surface area contributed by atoms with Crippen LogP contribution in [-0.2, 0) is 0 Å². The maximum absolute atomic E-state index is 6.88. The van der Waals surface area contributed by atoms with E-state index in [0.29, 0.717) is 0 Å². The number of rotatable bonds is 1. The molecule has 1 aliphatic carbocycles. The second-order valence-corrected chi connectivity index (χ2v) is 14.0. The van der Waals surface area contributed by atoms with Crippen molar-refractivity contribution in [3.63, 3.8) is 0 Å². The molecule has 0 bridgehead atoms. The van der Waals surface area contributed by atoms with Crippen molar-refractivity contribution < 1.29 is 4.42 Å². The first-order chi connectivity index (χ1) is 24.8. The van der Waals surface area contributed by atoms with Crippen LogP contribution in [0.3, 0.4) is 0 Å². The Hall–Kier alpha value is -6.52. The fraction of sp³-hybridized carbons (Fsp3) is 0. The van der Waals surface area contributed by atoms with Crippen molar-refractivity contribution in [3.8, 4) is 39.1 Å². The van der Waals surface area contributed by atoms with E-state index in [4.69, 9.17) is 4.42 Å². The molecule has 3 nitrogen and oxygen atoms in total. The molecule has 13 rings (SSSR count). The molecule has 0 saturated carbocycles. The minimum Gasteiger partial charge on any atom is -0.455 e. The van der Waals surface area contributed by atoms with Gasteiger partial charge in [-0.05, 0) is 80.4 Å². The number of benzene rings is 8. The zero-order valence-electron chi connectivity index (χ0n) is 26.8. The van der Waals surface area contributed by atoms with Crippen LogP contribution in [0.15, 0.2) is 156 Å². The van der Waals surface area contributed by atoms with E-state index in [2.05, 4.69) is 161 Å². The molecule has 0 radical (unpaired) electrons. The summed E-state index contributed by atoms with van der Waals surface area (Å²) in [4.78, 5) is 2.58. The third-order valence-electron chi connectivity index (χ3n) is 11.7. The van der Waals surface area contributed by atoms with Crippen LogP contribution in [-0.4, -0.2) is 11.4 Å². The summed E-state index contributed by atoms with van der Waals surface area (Å²) in [5.41, 5.74) is 18.2. The largest absolute Gasteiger partial charge is 0.455 e. The molecule has 0 unspecified atom stereocenters. The summed E-state index contributed by atoms with van der Waals surface area (Å²) in [6.45, 7) is -0.0751. The normalized spacial score (nSPS) is 13.5. The average Bonchev–Trinajstić information content (AvgIpc) is 3.69. The predicted octanol–water partition coefficient (Wildman–Crippen LogP) is 10.7. The summed E-state index contributed by atoms with van der Waals surface area (Å²) in [6.07, 6.45) is 0. The summed E-state index contributed by atoms with van der Waals surface area (Å²) < 4.78 is 9.47. The van der Waals surface area contributed by atoms with Crippen LogP contribution in [0.2, 0.25) is 0 Å². The zero-order valence-corrected chi connectivity index (χ0v) is 26.8. The maximum atomic E-state index is 6.88. The van der Waals surface area contributed by atoms with E-state index >= 15 is 0 Å². The lowest BCUT2D eigenvalue weighted by molar-refractivity contribution is 0.670. The molecular weight excluding hydrogens is 607 g/mol. The van der Waals surface area contributed by atoms with Gasteiger partial charge in [-0.1, -0.05) is 115 Å². The van der Waals surface area contributed by atoms with Gasteiger partial charge in [0.25, 0.3) is 0 Å². The smallest absolute Gasteiger partial charge is 0.333 e. The van der Waals surface area contributed by atoms with Crippen molar-refractivity contribution in [2.45, 2.75) is 0 Å². The van der Waals surface area contributed by atoms with E-state index in [0.717, 1.165) is 21.9 Å². The third kappa shape index (κ3) is 2.85. The topological polar surface area (TPSA) is 21.3 Å². The summed E-state index contributed by atoms with van der Waals surface area (Å²) >= 11 is 0. The molecule has 0 atom stereocenters. The number of nitrogens with zero attached hydrogens (tertiary/aromatic N) is 2. The van der Waals surface area contributed by atoms with E-state index in [1.165, 1.54) is 93.9 Å². The molecule has 2 aromatic heterocycles. The monoisotopic (exact) mass is 632 g/mol.